The average molecular weight is 731 g/mol. The predicted molar refractivity (Wildman–Crippen MR) is 238 cm³/mol. The van der Waals surface area contributed by atoms with Crippen LogP contribution in [0.3, 0.4) is 0 Å². The summed E-state index contributed by atoms with van der Waals surface area (Å²) in [5.41, 5.74) is 15.9. The van der Waals surface area contributed by atoms with Gasteiger partial charge >= 0.3 is 0 Å². The van der Waals surface area contributed by atoms with Gasteiger partial charge in [-0.05, 0) is 117 Å². The van der Waals surface area contributed by atoms with Gasteiger partial charge in [0.05, 0.1) is 11.4 Å². The van der Waals surface area contributed by atoms with Gasteiger partial charge in [-0.1, -0.05) is 158 Å². The van der Waals surface area contributed by atoms with E-state index in [2.05, 4.69) is 216 Å². The Labute approximate surface area is 334 Å². The summed E-state index contributed by atoms with van der Waals surface area (Å²) >= 11 is 0. The topological polar surface area (TPSA) is 15.7 Å². The minimum absolute atomic E-state index is 0.844. The molecule has 0 N–H and O–H groups in total. The lowest BCUT2D eigenvalue weighted by Crippen LogP contribution is -2.15. The Morgan fingerprint density at radius 2 is 0.614 bits per heavy atom. The number of rotatable bonds is 8. The number of hydrogen-bond donors (Lipinski definition) is 0. The molecule has 9 aromatic carbocycles. The predicted octanol–water partition coefficient (Wildman–Crippen LogP) is 15.4. The molecule has 3 heteroatoms. The maximum Gasteiger partial charge on any atom is 0.151 e. The van der Waals surface area contributed by atoms with Gasteiger partial charge in [0.15, 0.2) is 11.5 Å². The van der Waals surface area contributed by atoms with Crippen molar-refractivity contribution >= 4 is 34.1 Å². The molecule has 0 aliphatic carbocycles. The highest BCUT2D eigenvalue weighted by Gasteiger charge is 2.25. The molecule has 0 radical (unpaired) electrons. The molecule has 0 saturated carbocycles. The molecule has 0 fully saturated rings. The van der Waals surface area contributed by atoms with Crippen molar-refractivity contribution in [3.05, 3.63) is 231 Å². The van der Waals surface area contributed by atoms with Crippen molar-refractivity contribution in [3.8, 4) is 56.0 Å². The van der Waals surface area contributed by atoms with Crippen LogP contribution in [0.2, 0.25) is 0 Å². The molecule has 270 valence electrons. The van der Waals surface area contributed by atoms with Crippen LogP contribution in [-0.4, -0.2) is 0 Å². The van der Waals surface area contributed by atoms with E-state index < -0.39 is 0 Å². The molecule has 0 spiro atoms. The van der Waals surface area contributed by atoms with Crippen molar-refractivity contribution in [1.82, 2.24) is 0 Å². The summed E-state index contributed by atoms with van der Waals surface area (Å²) in [6.07, 6.45) is 0. The third-order valence-electron chi connectivity index (χ3n) is 10.7. The molecule has 0 amide bonds. The second-order valence-corrected chi connectivity index (χ2v) is 14.2. The van der Waals surface area contributed by atoms with Gasteiger partial charge in [-0.25, -0.2) is 0 Å². The molecule has 0 unspecified atom stereocenters. The molecule has 1 aliphatic rings. The number of ether oxygens (including phenoxy) is 1. The zero-order valence-corrected chi connectivity index (χ0v) is 31.2. The van der Waals surface area contributed by atoms with E-state index in [-0.39, 0.29) is 0 Å². The summed E-state index contributed by atoms with van der Waals surface area (Å²) in [5, 5.41) is 0. The van der Waals surface area contributed by atoms with E-state index in [4.69, 9.17) is 4.74 Å². The number of nitrogens with zero attached hydrogens (tertiary/aromatic N) is 2. The van der Waals surface area contributed by atoms with Gasteiger partial charge in [0.1, 0.15) is 0 Å². The van der Waals surface area contributed by atoms with Crippen molar-refractivity contribution in [2.45, 2.75) is 0 Å². The lowest BCUT2D eigenvalue weighted by atomic mass is 10.00. The van der Waals surface area contributed by atoms with Crippen molar-refractivity contribution in [2.24, 2.45) is 0 Å². The third-order valence-corrected chi connectivity index (χ3v) is 10.7. The summed E-state index contributed by atoms with van der Waals surface area (Å²) < 4.78 is 6.28. The number of hydrogen-bond acceptors (Lipinski definition) is 3. The van der Waals surface area contributed by atoms with Crippen molar-refractivity contribution in [1.29, 1.82) is 0 Å². The van der Waals surface area contributed by atoms with Crippen LogP contribution in [0.5, 0.6) is 11.5 Å². The minimum Gasteiger partial charge on any atom is -0.453 e. The van der Waals surface area contributed by atoms with Gasteiger partial charge in [0.2, 0.25) is 0 Å². The molecule has 57 heavy (non-hydrogen) atoms. The van der Waals surface area contributed by atoms with Crippen LogP contribution < -0.4 is 14.5 Å². The van der Waals surface area contributed by atoms with Crippen LogP contribution >= 0.6 is 0 Å². The van der Waals surface area contributed by atoms with E-state index in [1.165, 1.54) is 33.4 Å². The first-order valence-corrected chi connectivity index (χ1v) is 19.3. The van der Waals surface area contributed by atoms with Gasteiger partial charge in [-0.15, -0.1) is 0 Å². The van der Waals surface area contributed by atoms with Gasteiger partial charge in [0, 0.05) is 22.7 Å². The molecule has 9 aromatic rings. The SMILES string of the molecule is c1ccc(-c2ccc(-c3ccc(N(c4ccc(-c5ccccc5)cc4)c4ccc(-c5cccc(N6c7ccccc7Oc7ccccc76)c5)cc4)cc3)cc2)cc1. The zero-order valence-electron chi connectivity index (χ0n) is 31.2. The van der Waals surface area contributed by atoms with E-state index >= 15 is 0 Å². The van der Waals surface area contributed by atoms with Gasteiger partial charge in [0.25, 0.3) is 0 Å². The highest BCUT2D eigenvalue weighted by Crippen LogP contribution is 2.50. The summed E-state index contributed by atoms with van der Waals surface area (Å²) in [7, 11) is 0. The van der Waals surface area contributed by atoms with Crippen LogP contribution in [-0.2, 0) is 0 Å². The molecule has 0 bridgehead atoms. The van der Waals surface area contributed by atoms with Gasteiger partial charge in [-0.3, -0.25) is 0 Å². The molecule has 0 saturated heterocycles. The molecule has 1 aliphatic heterocycles. The van der Waals surface area contributed by atoms with E-state index in [1.54, 1.807) is 0 Å². The number of para-hydroxylation sites is 4. The van der Waals surface area contributed by atoms with E-state index in [0.717, 1.165) is 56.8 Å². The van der Waals surface area contributed by atoms with Crippen molar-refractivity contribution < 1.29 is 4.74 Å². The highest BCUT2D eigenvalue weighted by atomic mass is 16.5. The minimum atomic E-state index is 0.844. The molecule has 1 heterocycles. The van der Waals surface area contributed by atoms with E-state index in [1.807, 2.05) is 24.3 Å². The number of benzene rings is 9. The largest absolute Gasteiger partial charge is 0.453 e. The lowest BCUT2D eigenvalue weighted by molar-refractivity contribution is 0.477. The molecule has 3 nitrogen and oxygen atoms in total. The third kappa shape index (κ3) is 6.73. The van der Waals surface area contributed by atoms with Crippen LogP contribution in [0.1, 0.15) is 0 Å². The second kappa shape index (κ2) is 14.9. The molecule has 10 rings (SSSR count). The normalized spacial score (nSPS) is 11.6. The van der Waals surface area contributed by atoms with Crippen LogP contribution in [0.4, 0.5) is 34.1 Å². The van der Waals surface area contributed by atoms with Crippen molar-refractivity contribution in [3.63, 3.8) is 0 Å². The van der Waals surface area contributed by atoms with Gasteiger partial charge in [-0.2, -0.15) is 0 Å². The quantitative estimate of drug-likeness (QED) is 0.155. The Kier molecular flexibility index (Phi) is 8.86. The summed E-state index contributed by atoms with van der Waals surface area (Å²) in [4.78, 5) is 4.62. The first kappa shape index (κ1) is 33.9. The Morgan fingerprint density at radius 1 is 0.281 bits per heavy atom. The summed E-state index contributed by atoms with van der Waals surface area (Å²) in [6.45, 7) is 0. The monoisotopic (exact) mass is 730 g/mol. The molecular formula is C54H38N2O. The Bertz CT molecular complexity index is 2730. The Hall–Kier alpha value is -7.62. The summed E-state index contributed by atoms with van der Waals surface area (Å²) in [5.74, 6) is 1.69. The lowest BCUT2D eigenvalue weighted by Gasteiger charge is -2.33. The van der Waals surface area contributed by atoms with Gasteiger partial charge < -0.3 is 14.5 Å². The standard InChI is InChI=1S/C54H38N2O/c1-3-12-39(13-4-1)41-22-24-42(25-23-41)44-28-34-48(35-29-44)55(47-32-26-43(27-33-47)40-14-5-2-6-15-40)49-36-30-45(31-37-49)46-16-11-17-50(38-46)56-51-18-7-9-20-53(51)57-54-21-10-8-19-52(54)56/h1-38H. The Balaban J connectivity index is 0.982. The second-order valence-electron chi connectivity index (χ2n) is 14.2. The first-order valence-electron chi connectivity index (χ1n) is 19.3. The zero-order chi connectivity index (χ0) is 38.0. The van der Waals surface area contributed by atoms with E-state index in [0.29, 0.717) is 0 Å². The van der Waals surface area contributed by atoms with Crippen LogP contribution in [0.15, 0.2) is 231 Å². The molecule has 0 atom stereocenters. The number of fused-ring (bicyclic) bond motifs is 2. The smallest absolute Gasteiger partial charge is 0.151 e. The fraction of sp³-hybridized carbons (Fsp3) is 0. The van der Waals surface area contributed by atoms with Crippen LogP contribution in [0, 0.1) is 0 Å². The summed E-state index contributed by atoms with van der Waals surface area (Å²) in [6, 6.07) is 81.7. The number of anilines is 6. The fourth-order valence-electron chi connectivity index (χ4n) is 7.78. The van der Waals surface area contributed by atoms with Crippen molar-refractivity contribution in [2.75, 3.05) is 9.80 Å². The maximum absolute atomic E-state index is 6.28. The average Bonchev–Trinajstić information content (AvgIpc) is 3.30. The molecular weight excluding hydrogens is 693 g/mol. The fourth-order valence-corrected chi connectivity index (χ4v) is 7.78. The van der Waals surface area contributed by atoms with Crippen LogP contribution in [0.25, 0.3) is 44.5 Å². The first-order chi connectivity index (χ1) is 28.2. The maximum atomic E-state index is 6.28. The Morgan fingerprint density at radius 3 is 1.05 bits per heavy atom. The highest BCUT2D eigenvalue weighted by molar-refractivity contribution is 5.88. The molecule has 0 aromatic heterocycles. The van der Waals surface area contributed by atoms with E-state index in [9.17, 15) is 0 Å².